The normalized spacial score (nSPS) is 15.2. The molecular formula is C13H19ClN2O4. The van der Waals surface area contributed by atoms with E-state index in [1.807, 2.05) is 0 Å². The first-order valence-electron chi connectivity index (χ1n) is 6.33. The van der Waals surface area contributed by atoms with Crippen LogP contribution in [-0.2, 0) is 4.74 Å². The zero-order valence-electron chi connectivity index (χ0n) is 11.3. The van der Waals surface area contributed by atoms with E-state index in [-0.39, 0.29) is 35.2 Å². The number of hydrogen-bond acceptors (Lipinski definition) is 4. The minimum Gasteiger partial charge on any atom is -0.491 e. The predicted octanol–water partition coefficient (Wildman–Crippen LogP) is 0.962. The van der Waals surface area contributed by atoms with Gasteiger partial charge in [0.2, 0.25) is 5.43 Å². The van der Waals surface area contributed by atoms with Crippen molar-refractivity contribution in [3.05, 3.63) is 28.2 Å². The largest absolute Gasteiger partial charge is 0.491 e. The van der Waals surface area contributed by atoms with Crippen molar-refractivity contribution in [1.82, 2.24) is 10.3 Å². The maximum absolute atomic E-state index is 11.9. The summed E-state index contributed by atoms with van der Waals surface area (Å²) in [5.74, 6) is 0.370. The summed E-state index contributed by atoms with van der Waals surface area (Å²) in [6, 6.07) is 1.25. The lowest BCUT2D eigenvalue weighted by atomic mass is 10.0. The summed E-state index contributed by atoms with van der Waals surface area (Å²) in [5, 5.41) is 2.83. The molecule has 7 heteroatoms. The molecule has 0 bridgehead atoms. The van der Waals surface area contributed by atoms with Gasteiger partial charge in [-0.25, -0.2) is 0 Å². The molecule has 0 radical (unpaired) electrons. The molecule has 0 atom stereocenters. The number of hydrogen-bond donors (Lipinski definition) is 2. The van der Waals surface area contributed by atoms with Gasteiger partial charge in [0.15, 0.2) is 5.75 Å². The van der Waals surface area contributed by atoms with E-state index >= 15 is 0 Å². The zero-order valence-corrected chi connectivity index (χ0v) is 12.1. The highest BCUT2D eigenvalue weighted by Crippen LogP contribution is 2.13. The fourth-order valence-corrected chi connectivity index (χ4v) is 2.03. The van der Waals surface area contributed by atoms with Crippen LogP contribution in [0.5, 0.6) is 5.75 Å². The number of rotatable bonds is 4. The van der Waals surface area contributed by atoms with Crippen LogP contribution in [0.3, 0.4) is 0 Å². The smallest absolute Gasteiger partial charge is 0.267 e. The van der Waals surface area contributed by atoms with Crippen LogP contribution in [0.1, 0.15) is 23.3 Å². The van der Waals surface area contributed by atoms with E-state index in [0.717, 1.165) is 26.1 Å². The summed E-state index contributed by atoms with van der Waals surface area (Å²) >= 11 is 0. The van der Waals surface area contributed by atoms with Crippen LogP contribution in [-0.4, -0.2) is 37.8 Å². The van der Waals surface area contributed by atoms with Crippen molar-refractivity contribution < 1.29 is 14.3 Å². The average molecular weight is 303 g/mol. The number of pyridine rings is 1. The number of aromatic amines is 1. The minimum atomic E-state index is -0.308. The fraction of sp³-hybridized carbons (Fsp3) is 0.538. The second-order valence-corrected chi connectivity index (χ2v) is 4.55. The van der Waals surface area contributed by atoms with Crippen LogP contribution >= 0.6 is 12.4 Å². The first kappa shape index (κ1) is 16.5. The third-order valence-corrected chi connectivity index (χ3v) is 3.23. The fourth-order valence-electron chi connectivity index (χ4n) is 2.03. The number of nitrogens with one attached hydrogen (secondary N) is 2. The van der Waals surface area contributed by atoms with Gasteiger partial charge in [0.05, 0.1) is 7.11 Å². The molecule has 0 spiro atoms. The maximum Gasteiger partial charge on any atom is 0.267 e. The van der Waals surface area contributed by atoms with E-state index < -0.39 is 0 Å². The van der Waals surface area contributed by atoms with Crippen molar-refractivity contribution in [2.24, 2.45) is 5.92 Å². The van der Waals surface area contributed by atoms with Crippen molar-refractivity contribution in [1.29, 1.82) is 0 Å². The number of H-pyrrole nitrogens is 1. The molecule has 0 aromatic carbocycles. The Morgan fingerprint density at radius 2 is 2.20 bits per heavy atom. The van der Waals surface area contributed by atoms with Gasteiger partial charge >= 0.3 is 0 Å². The Bertz CT molecular complexity index is 497. The Balaban J connectivity index is 0.00000200. The van der Waals surface area contributed by atoms with Crippen LogP contribution in [0.25, 0.3) is 0 Å². The van der Waals surface area contributed by atoms with Crippen molar-refractivity contribution in [2.45, 2.75) is 12.8 Å². The Kier molecular flexibility index (Phi) is 6.54. The predicted molar refractivity (Wildman–Crippen MR) is 76.7 cm³/mol. The minimum absolute atomic E-state index is 0. The Morgan fingerprint density at radius 3 is 2.80 bits per heavy atom. The standard InChI is InChI=1S/C13H18N2O4.ClH/c1-18-12-8-14-10(6-11(12)16)13(17)15-7-9-2-4-19-5-3-9;/h6,8-9H,2-5,7H2,1H3,(H,14,16)(H,15,17);1H. The van der Waals surface area contributed by atoms with E-state index in [2.05, 4.69) is 10.3 Å². The topological polar surface area (TPSA) is 80.4 Å². The molecule has 0 aliphatic carbocycles. The van der Waals surface area contributed by atoms with E-state index in [4.69, 9.17) is 9.47 Å². The van der Waals surface area contributed by atoms with Gasteiger partial charge in [-0.1, -0.05) is 0 Å². The molecule has 1 fully saturated rings. The molecule has 0 unspecified atom stereocenters. The van der Waals surface area contributed by atoms with Gasteiger partial charge in [-0.05, 0) is 18.8 Å². The van der Waals surface area contributed by atoms with E-state index in [9.17, 15) is 9.59 Å². The highest BCUT2D eigenvalue weighted by Gasteiger charge is 2.15. The van der Waals surface area contributed by atoms with Crippen molar-refractivity contribution in [3.63, 3.8) is 0 Å². The summed E-state index contributed by atoms with van der Waals surface area (Å²) in [5.41, 5.74) is -0.0599. The van der Waals surface area contributed by atoms with Crippen molar-refractivity contribution >= 4 is 18.3 Å². The van der Waals surface area contributed by atoms with Crippen LogP contribution in [0.4, 0.5) is 0 Å². The number of carbonyl (C=O) groups is 1. The Hall–Kier alpha value is -1.53. The molecule has 1 saturated heterocycles. The first-order valence-corrected chi connectivity index (χ1v) is 6.33. The van der Waals surface area contributed by atoms with Crippen LogP contribution in [0, 0.1) is 5.92 Å². The van der Waals surface area contributed by atoms with E-state index in [1.54, 1.807) is 0 Å². The second-order valence-electron chi connectivity index (χ2n) is 4.55. The van der Waals surface area contributed by atoms with Crippen LogP contribution in [0.2, 0.25) is 0 Å². The number of aromatic nitrogens is 1. The lowest BCUT2D eigenvalue weighted by Crippen LogP contribution is -2.33. The molecule has 0 saturated carbocycles. The molecule has 1 aromatic heterocycles. The average Bonchev–Trinajstić information content (AvgIpc) is 2.45. The quantitative estimate of drug-likeness (QED) is 0.868. The van der Waals surface area contributed by atoms with Gasteiger partial charge in [0, 0.05) is 32.0 Å². The summed E-state index contributed by atoms with van der Waals surface area (Å²) in [4.78, 5) is 26.2. The Labute approximate surface area is 123 Å². The first-order chi connectivity index (χ1) is 9.20. The highest BCUT2D eigenvalue weighted by molar-refractivity contribution is 5.92. The van der Waals surface area contributed by atoms with Crippen LogP contribution < -0.4 is 15.5 Å². The lowest BCUT2D eigenvalue weighted by molar-refractivity contribution is 0.0642. The van der Waals surface area contributed by atoms with Gasteiger partial charge in [0.1, 0.15) is 5.69 Å². The molecule has 1 aromatic rings. The Morgan fingerprint density at radius 1 is 1.50 bits per heavy atom. The third-order valence-electron chi connectivity index (χ3n) is 3.23. The number of methoxy groups -OCH3 is 1. The summed E-state index contributed by atoms with van der Waals surface area (Å²) in [7, 11) is 1.41. The summed E-state index contributed by atoms with van der Waals surface area (Å²) < 4.78 is 10.1. The monoisotopic (exact) mass is 302 g/mol. The molecule has 6 nitrogen and oxygen atoms in total. The van der Waals surface area contributed by atoms with E-state index in [0.29, 0.717) is 12.5 Å². The van der Waals surface area contributed by atoms with Crippen molar-refractivity contribution in [2.75, 3.05) is 26.9 Å². The molecule has 112 valence electrons. The van der Waals surface area contributed by atoms with Crippen molar-refractivity contribution in [3.8, 4) is 5.75 Å². The second kappa shape index (κ2) is 7.91. The van der Waals surface area contributed by atoms with E-state index in [1.165, 1.54) is 19.4 Å². The van der Waals surface area contributed by atoms with Gasteiger partial charge < -0.3 is 19.8 Å². The molecule has 1 aliphatic rings. The molecule has 1 aliphatic heterocycles. The number of amides is 1. The molecule has 1 amide bonds. The van der Waals surface area contributed by atoms with Crippen LogP contribution in [0.15, 0.2) is 17.1 Å². The molecule has 2 heterocycles. The summed E-state index contributed by atoms with van der Waals surface area (Å²) in [6.45, 7) is 2.11. The molecule has 2 N–H and O–H groups in total. The number of carbonyl (C=O) groups excluding carboxylic acids is 1. The third kappa shape index (κ3) is 4.25. The van der Waals surface area contributed by atoms with Gasteiger partial charge in [-0.3, -0.25) is 9.59 Å². The molecule has 2 rings (SSSR count). The highest BCUT2D eigenvalue weighted by atomic mass is 35.5. The van der Waals surface area contributed by atoms with Gasteiger partial charge in [-0.15, -0.1) is 12.4 Å². The number of halogens is 1. The summed E-state index contributed by atoms with van der Waals surface area (Å²) in [6.07, 6.45) is 3.31. The van der Waals surface area contributed by atoms with Gasteiger partial charge in [-0.2, -0.15) is 0 Å². The maximum atomic E-state index is 11.9. The molecule has 20 heavy (non-hydrogen) atoms. The SMILES string of the molecule is COc1c[nH]c(C(=O)NCC2CCOCC2)cc1=O.Cl. The number of ether oxygens (including phenoxy) is 2. The van der Waals surface area contributed by atoms with Gasteiger partial charge in [0.25, 0.3) is 5.91 Å². The molecular weight excluding hydrogens is 284 g/mol. The zero-order chi connectivity index (χ0) is 13.7. The lowest BCUT2D eigenvalue weighted by Gasteiger charge is -2.22.